The summed E-state index contributed by atoms with van der Waals surface area (Å²) in [7, 11) is 0. The van der Waals surface area contributed by atoms with Crippen LogP contribution in [-0.4, -0.2) is 29.3 Å². The molecule has 0 saturated heterocycles. The van der Waals surface area contributed by atoms with Crippen LogP contribution in [0.1, 0.15) is 30.2 Å². The normalized spacial score (nSPS) is 22.9. The number of nitrogens with one attached hydrogen (secondary N) is 1. The van der Waals surface area contributed by atoms with Crippen molar-refractivity contribution in [3.63, 3.8) is 0 Å². The molecule has 2 rings (SSSR count). The Morgan fingerprint density at radius 3 is 3.00 bits per heavy atom. The number of rotatable bonds is 2. The van der Waals surface area contributed by atoms with Crippen molar-refractivity contribution in [2.45, 2.75) is 19.1 Å². The first-order valence-corrected chi connectivity index (χ1v) is 5.54. The van der Waals surface area contributed by atoms with Crippen molar-refractivity contribution in [1.82, 2.24) is 5.32 Å². The summed E-state index contributed by atoms with van der Waals surface area (Å²) >= 11 is 0. The van der Waals surface area contributed by atoms with Crippen LogP contribution < -0.4 is 5.32 Å². The number of aromatic hydroxyl groups is 1. The molecule has 0 aliphatic carbocycles. The Balaban J connectivity index is 2.35. The van der Waals surface area contributed by atoms with E-state index >= 15 is 0 Å². The predicted molar refractivity (Wildman–Crippen MR) is 60.4 cm³/mol. The van der Waals surface area contributed by atoms with Crippen LogP contribution in [0.3, 0.4) is 0 Å². The van der Waals surface area contributed by atoms with Gasteiger partial charge in [0.1, 0.15) is 11.8 Å². The number of hydrogen-bond donors (Lipinski definition) is 3. The zero-order valence-corrected chi connectivity index (χ0v) is 9.51. The number of esters is 1. The van der Waals surface area contributed by atoms with Gasteiger partial charge < -0.3 is 14.9 Å². The van der Waals surface area contributed by atoms with Gasteiger partial charge >= 0.3 is 5.97 Å². The SMILES string of the molecule is CCOC(=O)[C@H]1NC[C@H](O)c2cc(O)ccc21. The Kier molecular flexibility index (Phi) is 3.31. The van der Waals surface area contributed by atoms with Gasteiger partial charge in [-0.15, -0.1) is 0 Å². The number of carbonyl (C=O) groups is 1. The fourth-order valence-corrected chi connectivity index (χ4v) is 2.00. The van der Waals surface area contributed by atoms with E-state index in [-0.39, 0.29) is 18.3 Å². The van der Waals surface area contributed by atoms with Crippen LogP contribution in [-0.2, 0) is 9.53 Å². The number of aliphatic hydroxyl groups excluding tert-OH is 1. The van der Waals surface area contributed by atoms with Gasteiger partial charge in [-0.1, -0.05) is 6.07 Å². The number of fused-ring (bicyclic) bond motifs is 1. The molecule has 0 unspecified atom stereocenters. The molecule has 0 fully saturated rings. The molecule has 1 aromatic rings. The minimum Gasteiger partial charge on any atom is -0.508 e. The van der Waals surface area contributed by atoms with Gasteiger partial charge in [-0.3, -0.25) is 5.32 Å². The van der Waals surface area contributed by atoms with Gasteiger partial charge in [-0.25, -0.2) is 4.79 Å². The number of carbonyl (C=O) groups excluding carboxylic acids is 1. The largest absolute Gasteiger partial charge is 0.508 e. The Morgan fingerprint density at radius 2 is 2.29 bits per heavy atom. The Labute approximate surface area is 99.0 Å². The van der Waals surface area contributed by atoms with Crippen LogP contribution >= 0.6 is 0 Å². The third kappa shape index (κ3) is 2.25. The van der Waals surface area contributed by atoms with E-state index in [9.17, 15) is 15.0 Å². The molecular weight excluding hydrogens is 222 g/mol. The molecule has 0 saturated carbocycles. The standard InChI is InChI=1S/C12H15NO4/c1-2-17-12(16)11-8-4-3-7(14)5-9(8)10(15)6-13-11/h3-5,10-11,13-15H,2,6H2,1H3/t10-,11-/m0/s1. The molecule has 3 N–H and O–H groups in total. The lowest BCUT2D eigenvalue weighted by Gasteiger charge is -2.28. The predicted octanol–water partition coefficient (Wildman–Crippen LogP) is 0.633. The van der Waals surface area contributed by atoms with Crippen molar-refractivity contribution in [3.05, 3.63) is 29.3 Å². The van der Waals surface area contributed by atoms with Gasteiger partial charge in [0, 0.05) is 6.54 Å². The quantitative estimate of drug-likeness (QED) is 0.658. The molecule has 1 heterocycles. The van der Waals surface area contributed by atoms with E-state index in [1.54, 1.807) is 13.0 Å². The van der Waals surface area contributed by atoms with E-state index in [0.29, 0.717) is 17.7 Å². The van der Waals surface area contributed by atoms with Crippen molar-refractivity contribution in [2.24, 2.45) is 0 Å². The first-order valence-electron chi connectivity index (χ1n) is 5.54. The monoisotopic (exact) mass is 237 g/mol. The molecule has 92 valence electrons. The van der Waals surface area contributed by atoms with Crippen LogP contribution in [0.4, 0.5) is 0 Å². The topological polar surface area (TPSA) is 78.8 Å². The van der Waals surface area contributed by atoms with Crippen LogP contribution in [0, 0.1) is 0 Å². The summed E-state index contributed by atoms with van der Waals surface area (Å²) in [4.78, 5) is 11.7. The van der Waals surface area contributed by atoms with Gasteiger partial charge in [-0.2, -0.15) is 0 Å². The zero-order chi connectivity index (χ0) is 12.4. The summed E-state index contributed by atoms with van der Waals surface area (Å²) in [6.07, 6.45) is -0.720. The maximum Gasteiger partial charge on any atom is 0.327 e. The Hall–Kier alpha value is -1.59. The first-order chi connectivity index (χ1) is 8.13. The number of benzene rings is 1. The van der Waals surface area contributed by atoms with Gasteiger partial charge in [0.05, 0.1) is 12.7 Å². The summed E-state index contributed by atoms with van der Waals surface area (Å²) in [5.74, 6) is -0.293. The molecule has 1 aromatic carbocycles. The van der Waals surface area contributed by atoms with Gasteiger partial charge in [0.25, 0.3) is 0 Å². The van der Waals surface area contributed by atoms with Crippen LogP contribution in [0.5, 0.6) is 5.75 Å². The summed E-state index contributed by atoms with van der Waals surface area (Å²) in [6.45, 7) is 2.32. The molecule has 2 atom stereocenters. The van der Waals surface area contributed by atoms with Gasteiger partial charge in [0.15, 0.2) is 0 Å². The van der Waals surface area contributed by atoms with Crippen molar-refractivity contribution in [3.8, 4) is 5.75 Å². The lowest BCUT2D eigenvalue weighted by atomic mass is 9.92. The number of hydrogen-bond acceptors (Lipinski definition) is 5. The molecule has 0 radical (unpaired) electrons. The van der Waals surface area contributed by atoms with Crippen molar-refractivity contribution < 1.29 is 19.7 Å². The third-order valence-electron chi connectivity index (χ3n) is 2.78. The molecule has 1 aliphatic heterocycles. The second-order valence-corrected chi connectivity index (χ2v) is 3.92. The van der Waals surface area contributed by atoms with Crippen LogP contribution in [0.25, 0.3) is 0 Å². The van der Waals surface area contributed by atoms with Crippen LogP contribution in [0.15, 0.2) is 18.2 Å². The fourth-order valence-electron chi connectivity index (χ4n) is 2.00. The molecule has 1 aliphatic rings. The molecule has 17 heavy (non-hydrogen) atoms. The highest BCUT2D eigenvalue weighted by molar-refractivity contribution is 5.78. The lowest BCUT2D eigenvalue weighted by Crippen LogP contribution is -2.38. The smallest absolute Gasteiger partial charge is 0.327 e. The highest BCUT2D eigenvalue weighted by Crippen LogP contribution is 2.31. The highest BCUT2D eigenvalue weighted by Gasteiger charge is 2.31. The first kappa shape index (κ1) is 11.9. The molecule has 0 bridgehead atoms. The number of phenols is 1. The van der Waals surface area contributed by atoms with Crippen molar-refractivity contribution >= 4 is 5.97 Å². The van der Waals surface area contributed by atoms with Gasteiger partial charge in [-0.05, 0) is 30.2 Å². The summed E-state index contributed by atoms with van der Waals surface area (Å²) in [5.41, 5.74) is 1.22. The molecule has 5 heteroatoms. The van der Waals surface area contributed by atoms with Crippen LogP contribution in [0.2, 0.25) is 0 Å². The van der Waals surface area contributed by atoms with E-state index in [1.165, 1.54) is 12.1 Å². The Morgan fingerprint density at radius 1 is 1.53 bits per heavy atom. The summed E-state index contributed by atoms with van der Waals surface area (Å²) in [5, 5.41) is 22.1. The van der Waals surface area contributed by atoms with E-state index in [0.717, 1.165) is 0 Å². The van der Waals surface area contributed by atoms with Crippen molar-refractivity contribution in [1.29, 1.82) is 0 Å². The zero-order valence-electron chi connectivity index (χ0n) is 9.51. The molecule has 5 nitrogen and oxygen atoms in total. The van der Waals surface area contributed by atoms with E-state index in [1.807, 2.05) is 0 Å². The number of aliphatic hydroxyl groups is 1. The molecule has 0 amide bonds. The molecule has 0 aromatic heterocycles. The number of ether oxygens (including phenoxy) is 1. The minimum absolute atomic E-state index is 0.0762. The Bertz CT molecular complexity index is 433. The van der Waals surface area contributed by atoms with Gasteiger partial charge in [0.2, 0.25) is 0 Å². The highest BCUT2D eigenvalue weighted by atomic mass is 16.5. The summed E-state index contributed by atoms with van der Waals surface area (Å²) < 4.78 is 4.96. The second kappa shape index (κ2) is 4.73. The van der Waals surface area contributed by atoms with E-state index in [2.05, 4.69) is 5.32 Å². The second-order valence-electron chi connectivity index (χ2n) is 3.92. The average Bonchev–Trinajstić information content (AvgIpc) is 2.30. The van der Waals surface area contributed by atoms with Crippen molar-refractivity contribution in [2.75, 3.05) is 13.2 Å². The maximum atomic E-state index is 11.7. The third-order valence-corrected chi connectivity index (χ3v) is 2.78. The molecule has 0 spiro atoms. The number of phenolic OH excluding ortho intramolecular Hbond substituents is 1. The maximum absolute atomic E-state index is 11.7. The van der Waals surface area contributed by atoms with E-state index in [4.69, 9.17) is 4.74 Å². The lowest BCUT2D eigenvalue weighted by molar-refractivity contribution is -0.146. The fraction of sp³-hybridized carbons (Fsp3) is 0.417. The minimum atomic E-state index is -0.720. The summed E-state index contributed by atoms with van der Waals surface area (Å²) in [6, 6.07) is 4.02. The average molecular weight is 237 g/mol. The number of β-amino-alcohol motifs (C(OH)–C–C–N with tert-alkyl or cyclic N) is 1. The molecular formula is C12H15NO4. The van der Waals surface area contributed by atoms with E-state index < -0.39 is 12.1 Å².